The highest BCUT2D eigenvalue weighted by molar-refractivity contribution is 5.83. The van der Waals surface area contributed by atoms with E-state index in [0.29, 0.717) is 50.6 Å². The number of halogens is 3. The standard InChI is InChI=1S/C20H31N3O4.C2HF3O2/c1-14-8-16(14)18(24)22-12-20(13-22)11-21(9-15-4-5-15)17(10-26-20)19(25)23-6-2-3-7-27-23;3-2(4,5)1(6)7/h14-17H,2-13H2,1H3;(H,6,7). The molecule has 5 rings (SSSR count). The quantitative estimate of drug-likeness (QED) is 0.637. The van der Waals surface area contributed by atoms with Crippen LogP contribution >= 0.6 is 0 Å². The molecule has 3 aliphatic heterocycles. The Morgan fingerprint density at radius 2 is 1.74 bits per heavy atom. The van der Waals surface area contributed by atoms with Crippen molar-refractivity contribution < 1.29 is 42.2 Å². The first-order valence-corrected chi connectivity index (χ1v) is 11.9. The van der Waals surface area contributed by atoms with Crippen LogP contribution in [0.1, 0.15) is 39.0 Å². The first-order valence-electron chi connectivity index (χ1n) is 11.9. The van der Waals surface area contributed by atoms with Gasteiger partial charge in [-0.2, -0.15) is 13.2 Å². The van der Waals surface area contributed by atoms with Gasteiger partial charge in [0.25, 0.3) is 5.91 Å². The maximum absolute atomic E-state index is 13.0. The van der Waals surface area contributed by atoms with Gasteiger partial charge in [0.2, 0.25) is 5.91 Å². The molecule has 2 aliphatic carbocycles. The summed E-state index contributed by atoms with van der Waals surface area (Å²) in [6.45, 7) is 6.93. The number of hydroxylamine groups is 2. The zero-order valence-corrected chi connectivity index (χ0v) is 19.3. The van der Waals surface area contributed by atoms with E-state index in [2.05, 4.69) is 11.8 Å². The molecule has 192 valence electrons. The van der Waals surface area contributed by atoms with Crippen molar-refractivity contribution in [2.24, 2.45) is 17.8 Å². The lowest BCUT2D eigenvalue weighted by Crippen LogP contribution is -2.74. The molecule has 0 radical (unpaired) electrons. The van der Waals surface area contributed by atoms with Gasteiger partial charge in [0.1, 0.15) is 11.6 Å². The molecular weight excluding hydrogens is 459 g/mol. The van der Waals surface area contributed by atoms with E-state index in [-0.39, 0.29) is 23.5 Å². The Morgan fingerprint density at radius 3 is 2.24 bits per heavy atom. The fourth-order valence-corrected chi connectivity index (χ4v) is 4.77. The predicted octanol–water partition coefficient (Wildman–Crippen LogP) is 1.52. The number of amides is 2. The topological polar surface area (TPSA) is 99.6 Å². The molecule has 1 N–H and O–H groups in total. The van der Waals surface area contributed by atoms with Crippen LogP contribution in [0.15, 0.2) is 0 Å². The number of carbonyl (C=O) groups excluding carboxylic acids is 2. The van der Waals surface area contributed by atoms with Crippen molar-refractivity contribution >= 4 is 17.8 Å². The first kappa shape index (κ1) is 25.2. The first-order chi connectivity index (χ1) is 16.0. The van der Waals surface area contributed by atoms with Gasteiger partial charge >= 0.3 is 12.1 Å². The van der Waals surface area contributed by atoms with Crippen LogP contribution in [0.2, 0.25) is 0 Å². The fraction of sp³-hybridized carbons (Fsp3) is 0.864. The Bertz CT molecular complexity index is 793. The summed E-state index contributed by atoms with van der Waals surface area (Å²) in [5, 5.41) is 8.68. The molecule has 3 saturated heterocycles. The second kappa shape index (κ2) is 9.62. The molecule has 3 atom stereocenters. The third-order valence-electron chi connectivity index (χ3n) is 7.14. The number of hydrogen-bond donors (Lipinski definition) is 1. The second-order valence-corrected chi connectivity index (χ2v) is 10.2. The van der Waals surface area contributed by atoms with Gasteiger partial charge < -0.3 is 14.7 Å². The van der Waals surface area contributed by atoms with E-state index in [9.17, 15) is 22.8 Å². The molecule has 3 unspecified atom stereocenters. The zero-order chi connectivity index (χ0) is 24.7. The number of rotatable bonds is 4. The largest absolute Gasteiger partial charge is 0.490 e. The molecule has 12 heteroatoms. The van der Waals surface area contributed by atoms with E-state index < -0.39 is 12.1 Å². The SMILES string of the molecule is CC1CC1C(=O)N1CC2(C1)CN(CC1CC1)C(C(=O)N1CCCCO1)CO2.O=C(O)C(F)(F)F. The van der Waals surface area contributed by atoms with Crippen LogP contribution in [0, 0.1) is 17.8 Å². The van der Waals surface area contributed by atoms with Crippen molar-refractivity contribution in [3.63, 3.8) is 0 Å². The lowest BCUT2D eigenvalue weighted by molar-refractivity contribution is -0.226. The third kappa shape index (κ3) is 5.83. The molecule has 2 amide bonds. The maximum Gasteiger partial charge on any atom is 0.490 e. The monoisotopic (exact) mass is 491 g/mol. The van der Waals surface area contributed by atoms with Crippen LogP contribution in [0.25, 0.3) is 0 Å². The van der Waals surface area contributed by atoms with E-state index in [0.717, 1.165) is 32.4 Å². The number of aliphatic carboxylic acids is 1. The fourth-order valence-electron chi connectivity index (χ4n) is 4.77. The Morgan fingerprint density at radius 1 is 1.09 bits per heavy atom. The van der Waals surface area contributed by atoms with E-state index in [1.54, 1.807) is 5.06 Å². The van der Waals surface area contributed by atoms with Gasteiger partial charge in [0, 0.05) is 25.6 Å². The van der Waals surface area contributed by atoms with Crippen LogP contribution in [0.5, 0.6) is 0 Å². The minimum absolute atomic E-state index is 0.0456. The zero-order valence-electron chi connectivity index (χ0n) is 19.3. The molecule has 3 heterocycles. The normalized spacial score (nSPS) is 30.8. The number of carboxylic acids is 1. The minimum Gasteiger partial charge on any atom is -0.475 e. The molecule has 0 aromatic carbocycles. The second-order valence-electron chi connectivity index (χ2n) is 10.2. The van der Waals surface area contributed by atoms with Gasteiger partial charge in [-0.05, 0) is 43.9 Å². The highest BCUT2D eigenvalue weighted by Crippen LogP contribution is 2.42. The van der Waals surface area contributed by atoms with Gasteiger partial charge in [-0.25, -0.2) is 9.86 Å². The van der Waals surface area contributed by atoms with Crippen molar-refractivity contribution in [2.75, 3.05) is 45.9 Å². The van der Waals surface area contributed by atoms with Crippen LogP contribution in [0.3, 0.4) is 0 Å². The van der Waals surface area contributed by atoms with Crippen LogP contribution in [0.4, 0.5) is 13.2 Å². The van der Waals surface area contributed by atoms with Crippen molar-refractivity contribution in [3.8, 4) is 0 Å². The van der Waals surface area contributed by atoms with E-state index >= 15 is 0 Å². The Hall–Kier alpha value is -1.92. The van der Waals surface area contributed by atoms with Gasteiger partial charge in [0.05, 0.1) is 26.3 Å². The lowest BCUT2D eigenvalue weighted by Gasteiger charge is -2.55. The summed E-state index contributed by atoms with van der Waals surface area (Å²) >= 11 is 0. The molecule has 9 nitrogen and oxygen atoms in total. The van der Waals surface area contributed by atoms with Gasteiger partial charge in [-0.15, -0.1) is 0 Å². The Balaban J connectivity index is 0.000000344. The summed E-state index contributed by atoms with van der Waals surface area (Å²) in [5.41, 5.74) is -0.276. The summed E-state index contributed by atoms with van der Waals surface area (Å²) < 4.78 is 38.0. The van der Waals surface area contributed by atoms with E-state index in [1.165, 1.54) is 12.8 Å². The Kier molecular flexibility index (Phi) is 7.12. The van der Waals surface area contributed by atoms with E-state index in [1.807, 2.05) is 4.90 Å². The number of hydrogen-bond acceptors (Lipinski definition) is 6. The maximum atomic E-state index is 13.0. The van der Waals surface area contributed by atoms with Crippen molar-refractivity contribution in [2.45, 2.75) is 56.8 Å². The number of likely N-dealkylation sites (tertiary alicyclic amines) is 1. The van der Waals surface area contributed by atoms with Crippen LogP contribution in [-0.2, 0) is 24.0 Å². The molecule has 1 spiro atoms. The van der Waals surface area contributed by atoms with Crippen LogP contribution < -0.4 is 0 Å². The molecule has 5 fully saturated rings. The molecule has 0 bridgehead atoms. The number of ether oxygens (including phenoxy) is 1. The van der Waals surface area contributed by atoms with Gasteiger partial charge in [-0.3, -0.25) is 19.3 Å². The van der Waals surface area contributed by atoms with Gasteiger partial charge in [0.15, 0.2) is 0 Å². The smallest absolute Gasteiger partial charge is 0.475 e. The molecule has 0 aromatic rings. The third-order valence-corrected chi connectivity index (χ3v) is 7.14. The number of carboxylic acid groups (broad SMARTS) is 1. The number of nitrogens with zero attached hydrogens (tertiary/aromatic N) is 3. The van der Waals surface area contributed by atoms with Crippen molar-refractivity contribution in [1.82, 2.24) is 14.9 Å². The summed E-state index contributed by atoms with van der Waals surface area (Å²) in [5.74, 6) is -0.927. The summed E-state index contributed by atoms with van der Waals surface area (Å²) in [6, 6.07) is -0.248. The highest BCUT2D eigenvalue weighted by atomic mass is 19.4. The summed E-state index contributed by atoms with van der Waals surface area (Å²) in [7, 11) is 0. The highest BCUT2D eigenvalue weighted by Gasteiger charge is 2.55. The lowest BCUT2D eigenvalue weighted by atomic mass is 9.89. The van der Waals surface area contributed by atoms with Crippen molar-refractivity contribution in [3.05, 3.63) is 0 Å². The summed E-state index contributed by atoms with van der Waals surface area (Å²) in [4.78, 5) is 44.2. The predicted molar refractivity (Wildman–Crippen MR) is 111 cm³/mol. The van der Waals surface area contributed by atoms with Crippen molar-refractivity contribution in [1.29, 1.82) is 0 Å². The molecule has 34 heavy (non-hydrogen) atoms. The summed E-state index contributed by atoms with van der Waals surface area (Å²) in [6.07, 6.45) is 0.487. The number of alkyl halides is 3. The number of carbonyl (C=O) groups is 3. The van der Waals surface area contributed by atoms with E-state index in [4.69, 9.17) is 19.5 Å². The average Bonchev–Trinajstić information content (AvgIpc) is 3.70. The molecular formula is C22H32F3N3O6. The molecule has 5 aliphatic rings. The molecule has 2 saturated carbocycles. The average molecular weight is 492 g/mol. The number of morpholine rings is 1. The Labute approximate surface area is 196 Å². The van der Waals surface area contributed by atoms with Gasteiger partial charge in [-0.1, -0.05) is 6.92 Å². The minimum atomic E-state index is -5.08. The molecule has 0 aromatic heterocycles. The van der Waals surface area contributed by atoms with Crippen LogP contribution in [-0.4, -0.2) is 102 Å².